The molecule has 11 heteroatoms. The topological polar surface area (TPSA) is 90.0 Å². The van der Waals surface area contributed by atoms with E-state index in [9.17, 15) is 22.4 Å². The van der Waals surface area contributed by atoms with Gasteiger partial charge in [0, 0.05) is 32.2 Å². The highest BCUT2D eigenvalue weighted by atomic mass is 35.5. The Hall–Kier alpha value is -2.69. The van der Waals surface area contributed by atoms with Crippen LogP contribution in [0.2, 0.25) is 5.02 Å². The molecule has 0 aliphatic heterocycles. The maximum Gasteiger partial charge on any atom is 0.304 e. The van der Waals surface area contributed by atoms with Crippen LogP contribution in [0.4, 0.5) is 10.1 Å². The van der Waals surface area contributed by atoms with Crippen molar-refractivity contribution >= 4 is 39.3 Å². The highest BCUT2D eigenvalue weighted by Crippen LogP contribution is 2.24. The second-order valence-electron chi connectivity index (χ2n) is 7.43. The van der Waals surface area contributed by atoms with E-state index in [0.29, 0.717) is 21.4 Å². The lowest BCUT2D eigenvalue weighted by atomic mass is 10.1. The van der Waals surface area contributed by atoms with Gasteiger partial charge in [-0.25, -0.2) is 8.70 Å². The second-order valence-corrected chi connectivity index (χ2v) is 9.91. The van der Waals surface area contributed by atoms with Gasteiger partial charge in [0.15, 0.2) is 0 Å². The predicted molar refractivity (Wildman–Crippen MR) is 127 cm³/mol. The number of halogens is 2. The Morgan fingerprint density at radius 3 is 2.27 bits per heavy atom. The Labute approximate surface area is 199 Å². The molecular formula is C22H28ClFN4O4S. The van der Waals surface area contributed by atoms with Crippen LogP contribution in [0, 0.1) is 5.82 Å². The van der Waals surface area contributed by atoms with Crippen molar-refractivity contribution in [3.63, 3.8) is 0 Å². The average Bonchev–Trinajstić information content (AvgIpc) is 2.76. The van der Waals surface area contributed by atoms with Crippen LogP contribution in [0.1, 0.15) is 19.4 Å². The summed E-state index contributed by atoms with van der Waals surface area (Å²) in [6, 6.07) is 11.2. The number of benzene rings is 2. The maximum atomic E-state index is 14.5. The molecule has 0 bridgehead atoms. The van der Waals surface area contributed by atoms with E-state index in [0.717, 1.165) is 10.4 Å². The Morgan fingerprint density at radius 1 is 1.09 bits per heavy atom. The Morgan fingerprint density at radius 2 is 1.70 bits per heavy atom. The Balaban J connectivity index is 2.48. The molecule has 2 aromatic rings. The lowest BCUT2D eigenvalue weighted by Gasteiger charge is -2.33. The molecule has 1 atom stereocenters. The molecule has 0 saturated heterocycles. The van der Waals surface area contributed by atoms with Gasteiger partial charge in [-0.2, -0.15) is 12.7 Å². The summed E-state index contributed by atoms with van der Waals surface area (Å²) in [7, 11) is -1.66. The third-order valence-electron chi connectivity index (χ3n) is 4.96. The fraction of sp³-hybridized carbons (Fsp3) is 0.364. The monoisotopic (exact) mass is 498 g/mol. The zero-order valence-corrected chi connectivity index (χ0v) is 20.5. The van der Waals surface area contributed by atoms with Crippen molar-refractivity contribution in [2.45, 2.75) is 26.4 Å². The molecule has 8 nitrogen and oxygen atoms in total. The lowest BCUT2D eigenvalue weighted by Crippen LogP contribution is -2.52. The number of carbonyl (C=O) groups is 2. The van der Waals surface area contributed by atoms with E-state index >= 15 is 0 Å². The fourth-order valence-corrected chi connectivity index (χ4v) is 4.33. The van der Waals surface area contributed by atoms with Gasteiger partial charge in [0.2, 0.25) is 11.8 Å². The van der Waals surface area contributed by atoms with Gasteiger partial charge in [0.1, 0.15) is 18.4 Å². The Bertz CT molecular complexity index is 1100. The molecule has 2 rings (SSSR count). The number of para-hydroxylation sites is 1. The quantitative estimate of drug-likeness (QED) is 0.545. The normalized spacial score (nSPS) is 12.3. The summed E-state index contributed by atoms with van der Waals surface area (Å²) in [5, 5.41) is 3.05. The minimum absolute atomic E-state index is 0.0378. The highest BCUT2D eigenvalue weighted by Gasteiger charge is 2.33. The van der Waals surface area contributed by atoms with E-state index < -0.39 is 40.4 Å². The molecule has 180 valence electrons. The number of amides is 2. The number of nitrogens with one attached hydrogen (secondary N) is 1. The summed E-state index contributed by atoms with van der Waals surface area (Å²) in [5.41, 5.74) is 0.305. The van der Waals surface area contributed by atoms with E-state index in [1.165, 1.54) is 44.1 Å². The molecule has 33 heavy (non-hydrogen) atoms. The van der Waals surface area contributed by atoms with Gasteiger partial charge < -0.3 is 10.2 Å². The zero-order valence-electron chi connectivity index (χ0n) is 19.0. The molecule has 0 aliphatic carbocycles. The van der Waals surface area contributed by atoms with Crippen molar-refractivity contribution in [1.82, 2.24) is 14.5 Å². The molecule has 0 radical (unpaired) electrons. The number of nitrogens with zero attached hydrogens (tertiary/aromatic N) is 3. The summed E-state index contributed by atoms with van der Waals surface area (Å²) in [4.78, 5) is 27.2. The highest BCUT2D eigenvalue weighted by molar-refractivity contribution is 7.90. The van der Waals surface area contributed by atoms with Crippen molar-refractivity contribution in [2.75, 3.05) is 31.5 Å². The third-order valence-corrected chi connectivity index (χ3v) is 7.13. The van der Waals surface area contributed by atoms with Gasteiger partial charge in [-0.3, -0.25) is 9.59 Å². The maximum absolute atomic E-state index is 14.5. The average molecular weight is 499 g/mol. The van der Waals surface area contributed by atoms with Crippen molar-refractivity contribution < 1.29 is 22.4 Å². The molecule has 0 heterocycles. The molecule has 0 saturated carbocycles. The van der Waals surface area contributed by atoms with Gasteiger partial charge in [-0.1, -0.05) is 41.9 Å². The number of likely N-dealkylation sites (N-methyl/N-ethyl adjacent to an activating group) is 1. The molecule has 0 fully saturated rings. The predicted octanol–water partition coefficient (Wildman–Crippen LogP) is 2.65. The number of carbonyl (C=O) groups excluding carboxylic acids is 2. The van der Waals surface area contributed by atoms with Gasteiger partial charge in [0.25, 0.3) is 0 Å². The van der Waals surface area contributed by atoms with Crippen molar-refractivity contribution in [3.05, 3.63) is 64.9 Å². The van der Waals surface area contributed by atoms with Crippen LogP contribution in [-0.2, 0) is 26.3 Å². The summed E-state index contributed by atoms with van der Waals surface area (Å²) in [6.07, 6.45) is 0. The lowest BCUT2D eigenvalue weighted by molar-refractivity contribution is -0.139. The molecule has 2 aromatic carbocycles. The minimum atomic E-state index is -4.23. The first-order valence-electron chi connectivity index (χ1n) is 10.3. The van der Waals surface area contributed by atoms with E-state index in [4.69, 9.17) is 11.6 Å². The van der Waals surface area contributed by atoms with Crippen LogP contribution < -0.4 is 9.62 Å². The third kappa shape index (κ3) is 6.43. The summed E-state index contributed by atoms with van der Waals surface area (Å²) in [5.74, 6) is -1.90. The molecule has 0 unspecified atom stereocenters. The summed E-state index contributed by atoms with van der Waals surface area (Å²) < 4.78 is 42.1. The van der Waals surface area contributed by atoms with E-state index in [2.05, 4.69) is 5.32 Å². The van der Waals surface area contributed by atoms with E-state index in [1.807, 2.05) is 0 Å². The fourth-order valence-electron chi connectivity index (χ4n) is 3.07. The largest absolute Gasteiger partial charge is 0.355 e. The van der Waals surface area contributed by atoms with Crippen LogP contribution >= 0.6 is 11.6 Å². The van der Waals surface area contributed by atoms with Gasteiger partial charge >= 0.3 is 10.2 Å². The van der Waals surface area contributed by atoms with Crippen LogP contribution in [0.5, 0.6) is 0 Å². The number of hydrogen-bond acceptors (Lipinski definition) is 4. The van der Waals surface area contributed by atoms with Crippen LogP contribution in [0.15, 0.2) is 48.5 Å². The SMILES string of the molecule is CCNC(=O)[C@H](C)N(Cc1ccccc1Cl)C(=O)CN(c1ccccc1F)S(=O)(=O)N(C)C. The van der Waals surface area contributed by atoms with Crippen molar-refractivity contribution in [3.8, 4) is 0 Å². The molecule has 0 aliphatic rings. The van der Waals surface area contributed by atoms with Gasteiger partial charge in [0.05, 0.1) is 5.69 Å². The van der Waals surface area contributed by atoms with Gasteiger partial charge in [-0.15, -0.1) is 0 Å². The molecule has 1 N–H and O–H groups in total. The van der Waals surface area contributed by atoms with Crippen LogP contribution in [0.25, 0.3) is 0 Å². The smallest absolute Gasteiger partial charge is 0.304 e. The van der Waals surface area contributed by atoms with Crippen molar-refractivity contribution in [2.24, 2.45) is 0 Å². The number of hydrogen-bond donors (Lipinski definition) is 1. The first-order valence-corrected chi connectivity index (χ1v) is 12.0. The molecule has 0 spiro atoms. The van der Waals surface area contributed by atoms with E-state index in [-0.39, 0.29) is 12.2 Å². The first-order chi connectivity index (χ1) is 15.5. The minimum Gasteiger partial charge on any atom is -0.355 e. The van der Waals surface area contributed by atoms with E-state index in [1.54, 1.807) is 31.2 Å². The molecule has 2 amide bonds. The van der Waals surface area contributed by atoms with Crippen LogP contribution in [0.3, 0.4) is 0 Å². The standard InChI is InChI=1S/C22H28ClFN4O4S/c1-5-25-22(30)16(2)27(14-17-10-6-7-11-18(17)23)21(29)15-28(33(31,32)26(3)4)20-13-9-8-12-19(20)24/h6-13,16H,5,14-15H2,1-4H3,(H,25,30)/t16-/m0/s1. The van der Waals surface area contributed by atoms with Gasteiger partial charge in [-0.05, 0) is 37.6 Å². The zero-order chi connectivity index (χ0) is 24.8. The summed E-state index contributed by atoms with van der Waals surface area (Å²) in [6.45, 7) is 2.88. The van der Waals surface area contributed by atoms with Crippen LogP contribution in [-0.4, -0.2) is 62.7 Å². The number of anilines is 1. The first kappa shape index (κ1) is 26.6. The van der Waals surface area contributed by atoms with Crippen molar-refractivity contribution in [1.29, 1.82) is 0 Å². The molecule has 0 aromatic heterocycles. The Kier molecular flexibility index (Phi) is 9.21. The number of rotatable bonds is 10. The summed E-state index contributed by atoms with van der Waals surface area (Å²) >= 11 is 6.25. The molecular weight excluding hydrogens is 471 g/mol. The second kappa shape index (κ2) is 11.4.